The third-order valence-corrected chi connectivity index (χ3v) is 5.75. The van der Waals surface area contributed by atoms with Crippen molar-refractivity contribution >= 4 is 33.2 Å². The Kier molecular flexibility index (Phi) is 5.77. The van der Waals surface area contributed by atoms with Gasteiger partial charge in [-0.25, -0.2) is 17.1 Å². The summed E-state index contributed by atoms with van der Waals surface area (Å²) in [5, 5.41) is 2.72. The smallest absolute Gasteiger partial charge is 0.224 e. The molecule has 22 heavy (non-hydrogen) atoms. The third-order valence-electron chi connectivity index (χ3n) is 3.47. The Morgan fingerprint density at radius 3 is 2.68 bits per heavy atom. The number of carbonyl (C=O) groups is 1. The van der Waals surface area contributed by atoms with E-state index in [2.05, 4.69) is 5.32 Å². The molecule has 0 bridgehead atoms. The van der Waals surface area contributed by atoms with Gasteiger partial charge in [-0.05, 0) is 37.5 Å². The summed E-state index contributed by atoms with van der Waals surface area (Å²) in [7, 11) is -3.28. The van der Waals surface area contributed by atoms with Crippen LogP contribution >= 0.6 is 11.6 Å². The number of halogens is 2. The molecule has 1 aliphatic heterocycles. The fourth-order valence-electron chi connectivity index (χ4n) is 2.32. The van der Waals surface area contributed by atoms with Crippen molar-refractivity contribution < 1.29 is 17.6 Å². The standard InChI is InChI=1S/C14H18ClFN2O3S/c15-12-6-5-11(16)10-13(12)17-14(19)4-3-9-22(20,21)18-7-1-2-8-18/h5-6,10H,1-4,7-9H2,(H,17,19). The van der Waals surface area contributed by atoms with Gasteiger partial charge in [-0.15, -0.1) is 0 Å². The molecule has 2 rings (SSSR count). The van der Waals surface area contributed by atoms with E-state index in [1.54, 1.807) is 0 Å². The highest BCUT2D eigenvalue weighted by atomic mass is 35.5. The summed E-state index contributed by atoms with van der Waals surface area (Å²) < 4.78 is 38.5. The van der Waals surface area contributed by atoms with Gasteiger partial charge in [0.1, 0.15) is 5.82 Å². The minimum atomic E-state index is -3.28. The number of carbonyl (C=O) groups excluding carboxylic acids is 1. The van der Waals surface area contributed by atoms with Crippen molar-refractivity contribution in [3.05, 3.63) is 29.0 Å². The topological polar surface area (TPSA) is 66.5 Å². The number of nitrogens with zero attached hydrogens (tertiary/aromatic N) is 1. The van der Waals surface area contributed by atoms with Crippen molar-refractivity contribution in [1.82, 2.24) is 4.31 Å². The lowest BCUT2D eigenvalue weighted by atomic mass is 10.2. The van der Waals surface area contributed by atoms with Gasteiger partial charge in [0.05, 0.1) is 16.5 Å². The molecule has 0 saturated carbocycles. The lowest BCUT2D eigenvalue weighted by Crippen LogP contribution is -2.30. The average Bonchev–Trinajstić information content (AvgIpc) is 2.97. The van der Waals surface area contributed by atoms with Crippen LogP contribution in [0.1, 0.15) is 25.7 Å². The summed E-state index contributed by atoms with van der Waals surface area (Å²) in [6, 6.07) is 3.67. The van der Waals surface area contributed by atoms with Gasteiger partial charge in [0.15, 0.2) is 0 Å². The van der Waals surface area contributed by atoms with Gasteiger partial charge in [-0.1, -0.05) is 11.6 Å². The minimum absolute atomic E-state index is 0.0416. The number of anilines is 1. The Balaban J connectivity index is 1.81. The van der Waals surface area contributed by atoms with Crippen molar-refractivity contribution in [3.63, 3.8) is 0 Å². The van der Waals surface area contributed by atoms with Crippen molar-refractivity contribution in [2.75, 3.05) is 24.2 Å². The van der Waals surface area contributed by atoms with E-state index in [1.165, 1.54) is 16.4 Å². The lowest BCUT2D eigenvalue weighted by Gasteiger charge is -2.15. The molecule has 1 heterocycles. The van der Waals surface area contributed by atoms with Gasteiger partial charge in [0.2, 0.25) is 15.9 Å². The molecule has 5 nitrogen and oxygen atoms in total. The molecule has 1 saturated heterocycles. The number of benzene rings is 1. The SMILES string of the molecule is O=C(CCCS(=O)(=O)N1CCCC1)Nc1cc(F)ccc1Cl. The van der Waals surface area contributed by atoms with Gasteiger partial charge in [-0.3, -0.25) is 4.79 Å². The van der Waals surface area contributed by atoms with E-state index in [0.717, 1.165) is 18.9 Å². The summed E-state index contributed by atoms with van der Waals surface area (Å²) in [4.78, 5) is 11.8. The number of hydrogen-bond donors (Lipinski definition) is 1. The van der Waals surface area contributed by atoms with Crippen molar-refractivity contribution in [1.29, 1.82) is 0 Å². The van der Waals surface area contributed by atoms with E-state index in [-0.39, 0.29) is 35.2 Å². The first-order chi connectivity index (χ1) is 10.4. The molecule has 1 aromatic rings. The van der Waals surface area contributed by atoms with Crippen LogP contribution < -0.4 is 5.32 Å². The van der Waals surface area contributed by atoms with Crippen LogP contribution in [-0.4, -0.2) is 37.5 Å². The fraction of sp³-hybridized carbons (Fsp3) is 0.500. The summed E-state index contributed by atoms with van der Waals surface area (Å²) in [5.74, 6) is -0.947. The van der Waals surface area contributed by atoms with Crippen LogP contribution in [0.4, 0.5) is 10.1 Å². The zero-order chi connectivity index (χ0) is 16.2. The van der Waals surface area contributed by atoms with E-state index in [0.29, 0.717) is 13.1 Å². The van der Waals surface area contributed by atoms with E-state index >= 15 is 0 Å². The summed E-state index contributed by atoms with van der Waals surface area (Å²) in [5.41, 5.74) is 0.189. The molecule has 0 aliphatic carbocycles. The molecule has 0 unspecified atom stereocenters. The molecule has 0 aromatic heterocycles. The molecule has 1 aromatic carbocycles. The molecule has 122 valence electrons. The molecule has 0 spiro atoms. The average molecular weight is 349 g/mol. The molecule has 1 aliphatic rings. The molecule has 1 amide bonds. The first kappa shape index (κ1) is 17.2. The van der Waals surface area contributed by atoms with Crippen LogP contribution in [0, 0.1) is 5.82 Å². The highest BCUT2D eigenvalue weighted by Gasteiger charge is 2.24. The van der Waals surface area contributed by atoms with E-state index in [9.17, 15) is 17.6 Å². The van der Waals surface area contributed by atoms with Crippen LogP contribution in [0.25, 0.3) is 0 Å². The molecule has 1 N–H and O–H groups in total. The Hall–Kier alpha value is -1.18. The fourth-order valence-corrected chi connectivity index (χ4v) is 4.06. The van der Waals surface area contributed by atoms with Crippen LogP contribution in [0.2, 0.25) is 5.02 Å². The zero-order valence-corrected chi connectivity index (χ0v) is 13.6. The third kappa shape index (κ3) is 4.66. The lowest BCUT2D eigenvalue weighted by molar-refractivity contribution is -0.116. The van der Waals surface area contributed by atoms with Crippen LogP contribution in [-0.2, 0) is 14.8 Å². The number of amides is 1. The van der Waals surface area contributed by atoms with E-state index < -0.39 is 15.8 Å². The van der Waals surface area contributed by atoms with Crippen molar-refractivity contribution in [2.24, 2.45) is 0 Å². The molecule has 0 atom stereocenters. The number of sulfonamides is 1. The first-order valence-electron chi connectivity index (χ1n) is 7.11. The molecular weight excluding hydrogens is 331 g/mol. The maximum absolute atomic E-state index is 13.1. The normalized spacial score (nSPS) is 15.9. The van der Waals surface area contributed by atoms with Gasteiger partial charge < -0.3 is 5.32 Å². The largest absolute Gasteiger partial charge is 0.325 e. The second kappa shape index (κ2) is 7.39. The van der Waals surface area contributed by atoms with Crippen molar-refractivity contribution in [2.45, 2.75) is 25.7 Å². The second-order valence-electron chi connectivity index (χ2n) is 5.20. The summed E-state index contributed by atoms with van der Waals surface area (Å²) >= 11 is 5.85. The quantitative estimate of drug-likeness (QED) is 0.859. The van der Waals surface area contributed by atoms with Crippen LogP contribution in [0.3, 0.4) is 0 Å². The Bertz CT molecular complexity index is 645. The maximum Gasteiger partial charge on any atom is 0.224 e. The van der Waals surface area contributed by atoms with Crippen molar-refractivity contribution in [3.8, 4) is 0 Å². The predicted molar refractivity (Wildman–Crippen MR) is 83.9 cm³/mol. The highest BCUT2D eigenvalue weighted by molar-refractivity contribution is 7.89. The highest BCUT2D eigenvalue weighted by Crippen LogP contribution is 2.22. The second-order valence-corrected chi connectivity index (χ2v) is 7.69. The summed E-state index contributed by atoms with van der Waals surface area (Å²) in [6.45, 7) is 1.13. The van der Waals surface area contributed by atoms with E-state index in [4.69, 9.17) is 11.6 Å². The zero-order valence-electron chi connectivity index (χ0n) is 12.0. The molecule has 8 heteroatoms. The summed E-state index contributed by atoms with van der Waals surface area (Å²) in [6.07, 6.45) is 2.03. The Morgan fingerprint density at radius 2 is 2.00 bits per heavy atom. The van der Waals surface area contributed by atoms with Crippen LogP contribution in [0.15, 0.2) is 18.2 Å². The number of nitrogens with one attached hydrogen (secondary N) is 1. The molecule has 1 fully saturated rings. The molecule has 0 radical (unpaired) electrons. The number of hydrogen-bond acceptors (Lipinski definition) is 3. The first-order valence-corrected chi connectivity index (χ1v) is 9.10. The van der Waals surface area contributed by atoms with Gasteiger partial charge in [-0.2, -0.15) is 0 Å². The Labute approximate surface area is 134 Å². The van der Waals surface area contributed by atoms with Crippen LogP contribution in [0.5, 0.6) is 0 Å². The number of rotatable bonds is 6. The van der Waals surface area contributed by atoms with Gasteiger partial charge in [0.25, 0.3) is 0 Å². The monoisotopic (exact) mass is 348 g/mol. The Morgan fingerprint density at radius 1 is 1.32 bits per heavy atom. The predicted octanol–water partition coefficient (Wildman–Crippen LogP) is 2.62. The molecular formula is C14H18ClFN2O3S. The maximum atomic E-state index is 13.1. The minimum Gasteiger partial charge on any atom is -0.325 e. The van der Waals surface area contributed by atoms with Gasteiger partial charge >= 0.3 is 0 Å². The van der Waals surface area contributed by atoms with E-state index in [1.807, 2.05) is 0 Å². The van der Waals surface area contributed by atoms with Gasteiger partial charge in [0, 0.05) is 19.5 Å².